The van der Waals surface area contributed by atoms with Crippen LogP contribution in [0.4, 0.5) is 28.4 Å². The minimum Gasteiger partial charge on any atom is -0.444 e. The summed E-state index contributed by atoms with van der Waals surface area (Å²) in [7, 11) is 0. The molecule has 2 aromatic rings. The van der Waals surface area contributed by atoms with Crippen molar-refractivity contribution in [1.29, 1.82) is 0 Å². The van der Waals surface area contributed by atoms with Gasteiger partial charge in [0, 0.05) is 61.6 Å². The molecule has 3 fully saturated rings. The second kappa shape index (κ2) is 14.4. The summed E-state index contributed by atoms with van der Waals surface area (Å²) in [5.41, 5.74) is 0.528. The Hall–Kier alpha value is -3.16. The first kappa shape index (κ1) is 34.7. The van der Waals surface area contributed by atoms with Gasteiger partial charge in [0.1, 0.15) is 12.9 Å². The number of anilines is 1. The van der Waals surface area contributed by atoms with Crippen LogP contribution >= 0.6 is 15.9 Å². The largest absolute Gasteiger partial charge is 0.444 e. The van der Waals surface area contributed by atoms with Crippen LogP contribution in [0.3, 0.4) is 0 Å². The Bertz CT molecular complexity index is 1500. The molecule has 0 radical (unpaired) electrons. The van der Waals surface area contributed by atoms with Gasteiger partial charge in [-0.1, -0.05) is 40.2 Å². The van der Waals surface area contributed by atoms with E-state index in [1.54, 1.807) is 4.90 Å². The van der Waals surface area contributed by atoms with Gasteiger partial charge in [0.05, 0.1) is 31.1 Å². The van der Waals surface area contributed by atoms with Crippen molar-refractivity contribution >= 4 is 40.0 Å². The molecule has 0 bridgehead atoms. The molecule has 260 valence electrons. The zero-order valence-corrected chi connectivity index (χ0v) is 28.7. The molecule has 2 aromatic carbocycles. The van der Waals surface area contributed by atoms with Gasteiger partial charge in [-0.05, 0) is 61.4 Å². The van der Waals surface area contributed by atoms with Gasteiger partial charge in [-0.2, -0.15) is 13.2 Å². The van der Waals surface area contributed by atoms with Crippen LogP contribution < -0.4 is 10.6 Å². The third-order valence-electron chi connectivity index (χ3n) is 11.1. The summed E-state index contributed by atoms with van der Waals surface area (Å²) >= 11 is 3.02. The Kier molecular flexibility index (Phi) is 10.4. The number of nitrogens with one attached hydrogen (secondary N) is 2. The maximum atomic E-state index is 14.3. The Morgan fingerprint density at radius 2 is 1.81 bits per heavy atom. The first-order valence-electron chi connectivity index (χ1n) is 17.0. The summed E-state index contributed by atoms with van der Waals surface area (Å²) in [5, 5.41) is 6.57. The maximum Gasteiger partial charge on any atom is 0.417 e. The number of fused-ring (bicyclic) bond motifs is 1. The number of nitrogens with zero attached hydrogens (tertiary/aromatic N) is 3. The molecule has 3 amide bonds. The number of carbonyl (C=O) groups excluding carboxylic acids is 3. The quantitative estimate of drug-likeness (QED) is 0.244. The van der Waals surface area contributed by atoms with Crippen molar-refractivity contribution in [2.75, 3.05) is 44.6 Å². The van der Waals surface area contributed by atoms with Crippen molar-refractivity contribution in [1.82, 2.24) is 15.1 Å². The van der Waals surface area contributed by atoms with Gasteiger partial charge in [0.15, 0.2) is 5.66 Å². The van der Waals surface area contributed by atoms with E-state index < -0.39 is 23.5 Å². The second-order valence-corrected chi connectivity index (χ2v) is 14.4. The fraction of sp³-hybridized carbons (Fsp3) is 0.571. The molecule has 9 nitrogen and oxygen atoms in total. The lowest BCUT2D eigenvalue weighted by Crippen LogP contribution is -2.80. The lowest BCUT2D eigenvalue weighted by Gasteiger charge is -2.64. The molecule has 13 heteroatoms. The first-order chi connectivity index (χ1) is 23.1. The van der Waals surface area contributed by atoms with Gasteiger partial charge < -0.3 is 25.1 Å². The minimum atomic E-state index is -4.51. The number of alkyl halides is 3. The van der Waals surface area contributed by atoms with E-state index >= 15 is 0 Å². The number of quaternary nitrogens is 1. The van der Waals surface area contributed by atoms with Crippen molar-refractivity contribution in [2.45, 2.75) is 88.3 Å². The number of likely N-dealkylation sites (tertiary alicyclic amines) is 2. The number of amides is 3. The van der Waals surface area contributed by atoms with Crippen LogP contribution in [0.5, 0.6) is 0 Å². The highest BCUT2D eigenvalue weighted by Crippen LogP contribution is 2.47. The van der Waals surface area contributed by atoms with Gasteiger partial charge in [0.25, 0.3) is 0 Å². The zero-order valence-electron chi connectivity index (χ0n) is 27.1. The number of piperidine rings is 3. The Balaban J connectivity index is 1.34. The Labute approximate surface area is 287 Å². The van der Waals surface area contributed by atoms with E-state index in [2.05, 4.69) is 26.6 Å². The lowest BCUT2D eigenvalue weighted by molar-refractivity contribution is -1.01. The standard InChI is InChI=1S/C35H43BrF3N5O4/c36-30-22-25(8-9-29(30)35(37,38)39)24-48-33(47)43-18-13-27(42-17-12-26-6-2-3-7-31(26)41-32(42)46)23-34(43,14-21-45)44(19-4-1-5-20-44)28-10-15-40-16-11-28/h2-3,6-9,21-22,27-28,40H,1,4-5,10-20,23-24H2/p+1/t27-,34+/m1/s1. The molecule has 0 unspecified atom stereocenters. The van der Waals surface area contributed by atoms with E-state index in [4.69, 9.17) is 4.74 Å². The van der Waals surface area contributed by atoms with Gasteiger partial charge in [-0.25, -0.2) is 9.59 Å². The molecular formula is C35H44BrF3N5O4+. The maximum absolute atomic E-state index is 14.3. The molecule has 48 heavy (non-hydrogen) atoms. The zero-order chi connectivity index (χ0) is 33.9. The van der Waals surface area contributed by atoms with Crippen LogP contribution in [0.1, 0.15) is 68.1 Å². The topological polar surface area (TPSA) is 91.0 Å². The second-order valence-electron chi connectivity index (χ2n) is 13.6. The van der Waals surface area contributed by atoms with E-state index in [0.717, 1.165) is 81.9 Å². The summed E-state index contributed by atoms with van der Waals surface area (Å²) < 4.78 is 46.4. The predicted octanol–water partition coefficient (Wildman–Crippen LogP) is 6.70. The number of halogens is 4. The first-order valence-corrected chi connectivity index (χ1v) is 17.8. The molecule has 3 saturated heterocycles. The predicted molar refractivity (Wildman–Crippen MR) is 178 cm³/mol. The number of ether oxygens (including phenoxy) is 1. The van der Waals surface area contributed by atoms with Gasteiger partial charge in [-0.3, -0.25) is 9.38 Å². The molecule has 4 heterocycles. The summed E-state index contributed by atoms with van der Waals surface area (Å²) in [5.74, 6) is 0. The number of carbonyl (C=O) groups is 3. The number of aldehydes is 1. The minimum absolute atomic E-state index is 0.101. The van der Waals surface area contributed by atoms with Gasteiger partial charge in [-0.15, -0.1) is 0 Å². The van der Waals surface area contributed by atoms with Crippen LogP contribution in [0.25, 0.3) is 0 Å². The molecule has 4 aliphatic heterocycles. The smallest absolute Gasteiger partial charge is 0.417 e. The number of hydrogen-bond donors (Lipinski definition) is 2. The lowest BCUT2D eigenvalue weighted by atomic mass is 9.80. The highest BCUT2D eigenvalue weighted by molar-refractivity contribution is 9.10. The number of urea groups is 1. The molecule has 0 spiro atoms. The van der Waals surface area contributed by atoms with Crippen LogP contribution in [0, 0.1) is 0 Å². The van der Waals surface area contributed by atoms with Gasteiger partial charge >= 0.3 is 18.3 Å². The van der Waals surface area contributed by atoms with E-state index in [9.17, 15) is 27.6 Å². The van der Waals surface area contributed by atoms with Crippen molar-refractivity contribution in [3.8, 4) is 0 Å². The molecule has 0 saturated carbocycles. The van der Waals surface area contributed by atoms with Crippen LogP contribution in [0.15, 0.2) is 46.9 Å². The summed E-state index contributed by atoms with van der Waals surface area (Å²) in [6.45, 7) is 3.93. The van der Waals surface area contributed by atoms with Crippen molar-refractivity contribution in [2.24, 2.45) is 0 Å². The van der Waals surface area contributed by atoms with Gasteiger partial charge in [0.2, 0.25) is 0 Å². The van der Waals surface area contributed by atoms with E-state index in [1.165, 1.54) is 12.1 Å². The average molecular weight is 736 g/mol. The summed E-state index contributed by atoms with van der Waals surface area (Å²) in [6, 6.07) is 11.2. The van der Waals surface area contributed by atoms with E-state index in [0.29, 0.717) is 35.9 Å². The molecular weight excluding hydrogens is 691 g/mol. The summed E-state index contributed by atoms with van der Waals surface area (Å²) in [6.07, 6.45) is 2.39. The highest BCUT2D eigenvalue weighted by Gasteiger charge is 2.63. The fourth-order valence-corrected chi connectivity index (χ4v) is 9.52. The third kappa shape index (κ3) is 6.69. The van der Waals surface area contributed by atoms with Crippen molar-refractivity contribution in [3.63, 3.8) is 0 Å². The third-order valence-corrected chi connectivity index (χ3v) is 11.8. The van der Waals surface area contributed by atoms with Crippen molar-refractivity contribution < 1.29 is 36.8 Å². The van der Waals surface area contributed by atoms with Crippen molar-refractivity contribution in [3.05, 3.63) is 63.6 Å². The fourth-order valence-electron chi connectivity index (χ4n) is 8.87. The molecule has 2 N–H and O–H groups in total. The molecule has 4 aliphatic rings. The Morgan fingerprint density at radius 1 is 1.06 bits per heavy atom. The molecule has 0 aliphatic carbocycles. The number of hydrogen-bond acceptors (Lipinski definition) is 5. The summed E-state index contributed by atoms with van der Waals surface area (Å²) in [4.78, 5) is 44.5. The number of benzene rings is 2. The van der Waals surface area contributed by atoms with Crippen LogP contribution in [0.2, 0.25) is 0 Å². The van der Waals surface area contributed by atoms with Crippen LogP contribution in [-0.2, 0) is 28.7 Å². The normalized spacial score (nSPS) is 25.1. The average Bonchev–Trinajstić information content (AvgIpc) is 3.25. The Morgan fingerprint density at radius 3 is 2.52 bits per heavy atom. The molecule has 0 aromatic heterocycles. The number of rotatable bonds is 7. The molecule has 2 atom stereocenters. The SMILES string of the molecule is O=CC[C@]1([N+]2(C3CCNCC3)CCCCC2)C[C@H](N2CCc3ccccc3NC2=O)CCN1C(=O)OCc1ccc(C(F)(F)F)c(Br)c1. The molecule has 6 rings (SSSR count). The van der Waals surface area contributed by atoms with E-state index in [1.807, 2.05) is 29.2 Å². The monoisotopic (exact) mass is 734 g/mol. The highest BCUT2D eigenvalue weighted by atomic mass is 79.9. The number of para-hydroxylation sites is 1. The van der Waals surface area contributed by atoms with E-state index in [-0.39, 0.29) is 42.2 Å². The van der Waals surface area contributed by atoms with Crippen LogP contribution in [-0.4, -0.2) is 89.7 Å².